The van der Waals surface area contributed by atoms with Crippen LogP contribution >= 0.6 is 0 Å². The molecule has 4 aromatic rings. The highest BCUT2D eigenvalue weighted by atomic mass is 16.2. The Morgan fingerprint density at radius 3 is 2.50 bits per heavy atom. The minimum absolute atomic E-state index is 0.175. The van der Waals surface area contributed by atoms with Crippen molar-refractivity contribution in [1.29, 1.82) is 0 Å². The summed E-state index contributed by atoms with van der Waals surface area (Å²) in [5, 5.41) is 5.54. The number of anilines is 1. The molecule has 2 heterocycles. The number of rotatable bonds is 4. The van der Waals surface area contributed by atoms with Crippen molar-refractivity contribution in [2.24, 2.45) is 0 Å². The van der Waals surface area contributed by atoms with Gasteiger partial charge in [0.25, 0.3) is 17.2 Å². The molecule has 7 nitrogen and oxygen atoms in total. The summed E-state index contributed by atoms with van der Waals surface area (Å²) < 4.78 is 1.26. The second kappa shape index (κ2) is 7.11. The largest absolute Gasteiger partial charge is 0.291 e. The van der Waals surface area contributed by atoms with Crippen LogP contribution in [0.5, 0.6) is 0 Å². The van der Waals surface area contributed by atoms with Gasteiger partial charge in [0.2, 0.25) is 5.95 Å². The highest BCUT2D eigenvalue weighted by molar-refractivity contribution is 6.04. The number of carbonyl (C=O) groups is 1. The summed E-state index contributed by atoms with van der Waals surface area (Å²) in [6.07, 6.45) is 0.478. The van der Waals surface area contributed by atoms with Crippen LogP contribution in [0.2, 0.25) is 0 Å². The number of aromatic nitrogens is 4. The van der Waals surface area contributed by atoms with Crippen LogP contribution in [0.15, 0.2) is 59.4 Å². The van der Waals surface area contributed by atoms with E-state index in [0.717, 1.165) is 11.1 Å². The zero-order valence-corrected chi connectivity index (χ0v) is 15.6. The molecule has 0 saturated carbocycles. The monoisotopic (exact) mass is 373 g/mol. The number of aromatic amines is 1. The molecule has 0 aliphatic rings. The van der Waals surface area contributed by atoms with Crippen molar-refractivity contribution in [3.05, 3.63) is 92.9 Å². The molecular weight excluding hydrogens is 354 g/mol. The second-order valence-electron chi connectivity index (χ2n) is 6.62. The highest BCUT2D eigenvalue weighted by Gasteiger charge is 2.16. The molecule has 0 aliphatic heterocycles. The molecule has 0 spiro atoms. The molecule has 0 unspecified atom stereocenters. The average Bonchev–Trinajstić information content (AvgIpc) is 3.08. The first-order valence-corrected chi connectivity index (χ1v) is 8.92. The van der Waals surface area contributed by atoms with Crippen molar-refractivity contribution in [1.82, 2.24) is 19.6 Å². The number of carbonyl (C=O) groups excluding carboxylic acids is 1. The van der Waals surface area contributed by atoms with Crippen molar-refractivity contribution in [3.8, 4) is 0 Å². The van der Waals surface area contributed by atoms with Crippen molar-refractivity contribution < 1.29 is 4.79 Å². The first kappa shape index (κ1) is 17.7. The van der Waals surface area contributed by atoms with E-state index in [1.165, 1.54) is 4.52 Å². The minimum atomic E-state index is -0.300. The van der Waals surface area contributed by atoms with E-state index >= 15 is 0 Å². The minimum Gasteiger partial charge on any atom is -0.291 e. The number of nitrogens with one attached hydrogen (secondary N) is 2. The van der Waals surface area contributed by atoms with Crippen molar-refractivity contribution in [2.75, 3.05) is 5.32 Å². The molecule has 2 aromatic carbocycles. The fourth-order valence-corrected chi connectivity index (χ4v) is 3.12. The zero-order valence-electron chi connectivity index (χ0n) is 15.6. The third-order valence-electron chi connectivity index (χ3n) is 4.64. The van der Waals surface area contributed by atoms with E-state index in [2.05, 4.69) is 20.4 Å². The van der Waals surface area contributed by atoms with Crippen molar-refractivity contribution in [3.63, 3.8) is 0 Å². The highest BCUT2D eigenvalue weighted by Crippen LogP contribution is 2.12. The maximum atomic E-state index is 12.9. The molecule has 140 valence electrons. The van der Waals surface area contributed by atoms with Gasteiger partial charge < -0.3 is 0 Å². The lowest BCUT2D eigenvalue weighted by Crippen LogP contribution is -2.22. The summed E-state index contributed by atoms with van der Waals surface area (Å²) in [5.41, 5.74) is 3.41. The van der Waals surface area contributed by atoms with Crippen LogP contribution in [0.4, 0.5) is 5.95 Å². The number of benzene rings is 2. The van der Waals surface area contributed by atoms with E-state index in [-0.39, 0.29) is 23.2 Å². The lowest BCUT2D eigenvalue weighted by Gasteiger charge is -2.05. The molecule has 0 radical (unpaired) electrons. The van der Waals surface area contributed by atoms with Gasteiger partial charge in [-0.3, -0.25) is 20.0 Å². The molecule has 28 heavy (non-hydrogen) atoms. The van der Waals surface area contributed by atoms with Gasteiger partial charge in [0.1, 0.15) is 0 Å². The maximum Gasteiger partial charge on any atom is 0.277 e. The van der Waals surface area contributed by atoms with E-state index in [9.17, 15) is 9.59 Å². The Labute approximate surface area is 161 Å². The number of fused-ring (bicyclic) bond motifs is 1. The molecule has 2 aromatic heterocycles. The fraction of sp³-hybridized carbons (Fsp3) is 0.143. The predicted octanol–water partition coefficient (Wildman–Crippen LogP) is 2.88. The Morgan fingerprint density at radius 2 is 1.75 bits per heavy atom. The van der Waals surface area contributed by atoms with Crippen LogP contribution < -0.4 is 10.9 Å². The van der Waals surface area contributed by atoms with Crippen LogP contribution in [0.3, 0.4) is 0 Å². The fourth-order valence-electron chi connectivity index (χ4n) is 3.12. The summed E-state index contributed by atoms with van der Waals surface area (Å²) >= 11 is 0. The maximum absolute atomic E-state index is 12.9. The summed E-state index contributed by atoms with van der Waals surface area (Å²) in [6, 6.07) is 17.0. The first-order chi connectivity index (χ1) is 13.5. The quantitative estimate of drug-likeness (QED) is 0.575. The molecule has 2 N–H and O–H groups in total. The van der Waals surface area contributed by atoms with Gasteiger partial charge in [0, 0.05) is 17.5 Å². The van der Waals surface area contributed by atoms with Gasteiger partial charge in [0.15, 0.2) is 0 Å². The SMILES string of the molecule is Cc1ccccc1C(=O)Nc1nc2nc(C)c(Cc3ccccc3)c(=O)n2[nH]1. The van der Waals surface area contributed by atoms with Gasteiger partial charge in [-0.1, -0.05) is 48.5 Å². The van der Waals surface area contributed by atoms with Gasteiger partial charge in [-0.2, -0.15) is 9.50 Å². The lowest BCUT2D eigenvalue weighted by molar-refractivity contribution is 0.102. The van der Waals surface area contributed by atoms with Gasteiger partial charge in [-0.25, -0.2) is 4.98 Å². The molecule has 0 atom stereocenters. The summed E-state index contributed by atoms with van der Waals surface area (Å²) in [4.78, 5) is 34.1. The molecule has 0 bridgehead atoms. The Bertz CT molecular complexity index is 1220. The van der Waals surface area contributed by atoms with Gasteiger partial charge >= 0.3 is 0 Å². The van der Waals surface area contributed by atoms with Crippen molar-refractivity contribution >= 4 is 17.6 Å². The zero-order chi connectivity index (χ0) is 19.7. The summed E-state index contributed by atoms with van der Waals surface area (Å²) in [7, 11) is 0. The van der Waals surface area contributed by atoms with E-state index in [1.54, 1.807) is 19.1 Å². The van der Waals surface area contributed by atoms with E-state index < -0.39 is 0 Å². The lowest BCUT2D eigenvalue weighted by atomic mass is 10.1. The van der Waals surface area contributed by atoms with Crippen LogP contribution in [0, 0.1) is 13.8 Å². The molecule has 4 rings (SSSR count). The first-order valence-electron chi connectivity index (χ1n) is 8.92. The predicted molar refractivity (Wildman–Crippen MR) is 107 cm³/mol. The molecule has 0 fully saturated rings. The molecule has 0 saturated heterocycles. The number of nitrogens with zero attached hydrogens (tertiary/aromatic N) is 3. The van der Waals surface area contributed by atoms with E-state index in [0.29, 0.717) is 23.2 Å². The summed E-state index contributed by atoms with van der Waals surface area (Å²) in [5.74, 6) is 0.0972. The Balaban J connectivity index is 1.68. The molecule has 0 aliphatic carbocycles. The number of aryl methyl sites for hydroxylation is 2. The van der Waals surface area contributed by atoms with Crippen LogP contribution in [-0.2, 0) is 6.42 Å². The normalized spacial score (nSPS) is 10.9. The molecular formula is C21H19N5O2. The average molecular weight is 373 g/mol. The van der Waals surface area contributed by atoms with Crippen LogP contribution in [0.25, 0.3) is 5.78 Å². The molecule has 1 amide bonds. The second-order valence-corrected chi connectivity index (χ2v) is 6.62. The Kier molecular flexibility index (Phi) is 4.49. The smallest absolute Gasteiger partial charge is 0.277 e. The van der Waals surface area contributed by atoms with Crippen LogP contribution in [0.1, 0.15) is 32.7 Å². The van der Waals surface area contributed by atoms with E-state index in [1.807, 2.05) is 49.4 Å². The number of hydrogen-bond donors (Lipinski definition) is 2. The number of H-pyrrole nitrogens is 1. The third kappa shape index (κ3) is 3.29. The summed E-state index contributed by atoms with van der Waals surface area (Å²) in [6.45, 7) is 3.65. The number of hydrogen-bond acceptors (Lipinski definition) is 4. The van der Waals surface area contributed by atoms with Gasteiger partial charge in [-0.15, -0.1) is 0 Å². The standard InChI is InChI=1S/C21H19N5O2/c1-13-8-6-7-11-16(13)18(27)23-20-24-21-22-14(2)17(19(28)26(21)25-20)12-15-9-4-3-5-10-15/h3-11H,12H2,1-2H3,(H2,22,23,24,25,27). The van der Waals surface area contributed by atoms with Gasteiger partial charge in [0.05, 0.1) is 5.69 Å². The van der Waals surface area contributed by atoms with E-state index in [4.69, 9.17) is 0 Å². The topological polar surface area (TPSA) is 92.2 Å². The molecule has 7 heteroatoms. The third-order valence-corrected chi connectivity index (χ3v) is 4.64. The van der Waals surface area contributed by atoms with Gasteiger partial charge in [-0.05, 0) is 31.0 Å². The van der Waals surface area contributed by atoms with Crippen LogP contribution in [-0.4, -0.2) is 25.5 Å². The van der Waals surface area contributed by atoms with Crippen molar-refractivity contribution in [2.45, 2.75) is 20.3 Å². The number of amides is 1. The Morgan fingerprint density at radius 1 is 1.04 bits per heavy atom. The Hall–Kier alpha value is -3.74.